The fraction of sp³-hybridized carbons (Fsp3) is 0.440. The molecule has 1 aliphatic carbocycles. The van der Waals surface area contributed by atoms with Crippen molar-refractivity contribution in [2.24, 2.45) is 5.92 Å². The average Bonchev–Trinajstić information content (AvgIpc) is 3.46. The lowest BCUT2D eigenvalue weighted by Crippen LogP contribution is -2.37. The Hall–Kier alpha value is -1.90. The summed E-state index contributed by atoms with van der Waals surface area (Å²) in [5.41, 5.74) is 3.92. The monoisotopic (exact) mass is 362 g/mol. The van der Waals surface area contributed by atoms with Crippen molar-refractivity contribution in [2.45, 2.75) is 50.2 Å². The number of allylic oxidation sites excluding steroid dienone is 1. The molecule has 0 aromatic heterocycles. The van der Waals surface area contributed by atoms with Crippen LogP contribution in [0.1, 0.15) is 49.7 Å². The maximum absolute atomic E-state index is 6.39. The summed E-state index contributed by atoms with van der Waals surface area (Å²) in [6.45, 7) is 5.64. The number of ether oxygens (including phenoxy) is 2. The van der Waals surface area contributed by atoms with Gasteiger partial charge in [-0.3, -0.25) is 0 Å². The summed E-state index contributed by atoms with van der Waals surface area (Å²) >= 11 is 0. The molecule has 2 fully saturated rings. The Labute approximate surface area is 163 Å². The van der Waals surface area contributed by atoms with E-state index in [0.717, 1.165) is 32.3 Å². The van der Waals surface area contributed by atoms with E-state index in [4.69, 9.17) is 9.47 Å². The van der Waals surface area contributed by atoms with E-state index in [9.17, 15) is 0 Å². The van der Waals surface area contributed by atoms with Crippen LogP contribution in [0.5, 0.6) is 0 Å². The number of hydrogen-bond acceptors (Lipinski definition) is 2. The summed E-state index contributed by atoms with van der Waals surface area (Å²) in [6.07, 6.45) is 6.68. The van der Waals surface area contributed by atoms with Crippen LogP contribution in [-0.2, 0) is 14.9 Å². The highest BCUT2D eigenvalue weighted by Gasteiger charge is 2.38. The van der Waals surface area contributed by atoms with Gasteiger partial charge in [0.2, 0.25) is 0 Å². The van der Waals surface area contributed by atoms with Gasteiger partial charge in [-0.15, -0.1) is 0 Å². The van der Waals surface area contributed by atoms with E-state index in [1.54, 1.807) is 0 Å². The van der Waals surface area contributed by atoms with Gasteiger partial charge in [0.1, 0.15) is 0 Å². The SMILES string of the molecule is C=C1CC1CCC(COC1CCCCO1)(c1ccccc1)c1ccccc1. The second kappa shape index (κ2) is 8.41. The van der Waals surface area contributed by atoms with Crippen LogP contribution in [0.4, 0.5) is 0 Å². The van der Waals surface area contributed by atoms with Crippen LogP contribution >= 0.6 is 0 Å². The second-order valence-electron chi connectivity index (χ2n) is 8.02. The lowest BCUT2D eigenvalue weighted by molar-refractivity contribution is -0.170. The Morgan fingerprint density at radius 1 is 0.963 bits per heavy atom. The van der Waals surface area contributed by atoms with Gasteiger partial charge < -0.3 is 9.47 Å². The average molecular weight is 363 g/mol. The molecule has 2 aromatic rings. The molecule has 0 amide bonds. The highest BCUT2D eigenvalue weighted by atomic mass is 16.7. The number of rotatable bonds is 8. The predicted molar refractivity (Wildman–Crippen MR) is 110 cm³/mol. The van der Waals surface area contributed by atoms with Crippen molar-refractivity contribution in [1.82, 2.24) is 0 Å². The first-order chi connectivity index (χ1) is 13.3. The highest BCUT2D eigenvalue weighted by Crippen LogP contribution is 2.45. The summed E-state index contributed by atoms with van der Waals surface area (Å²) < 4.78 is 12.3. The molecule has 0 radical (unpaired) electrons. The van der Waals surface area contributed by atoms with Crippen LogP contribution in [-0.4, -0.2) is 19.5 Å². The van der Waals surface area contributed by atoms with Gasteiger partial charge in [0.25, 0.3) is 0 Å². The van der Waals surface area contributed by atoms with Crippen molar-refractivity contribution in [3.05, 3.63) is 83.9 Å². The molecule has 142 valence electrons. The third-order valence-corrected chi connectivity index (χ3v) is 6.15. The van der Waals surface area contributed by atoms with Gasteiger partial charge in [0, 0.05) is 12.0 Å². The van der Waals surface area contributed by atoms with E-state index in [0.29, 0.717) is 12.5 Å². The smallest absolute Gasteiger partial charge is 0.157 e. The molecule has 2 unspecified atom stereocenters. The van der Waals surface area contributed by atoms with E-state index in [2.05, 4.69) is 67.2 Å². The molecule has 2 nitrogen and oxygen atoms in total. The molecular weight excluding hydrogens is 332 g/mol. The Bertz CT molecular complexity index is 692. The molecule has 0 bridgehead atoms. The zero-order chi connectivity index (χ0) is 18.5. The third-order valence-electron chi connectivity index (χ3n) is 6.15. The third kappa shape index (κ3) is 4.34. The molecule has 1 aliphatic heterocycles. The summed E-state index contributed by atoms with van der Waals surface area (Å²) in [4.78, 5) is 0. The maximum Gasteiger partial charge on any atom is 0.157 e. The van der Waals surface area contributed by atoms with Crippen LogP contribution in [0, 0.1) is 5.92 Å². The molecule has 1 saturated carbocycles. The molecule has 2 heteroatoms. The Balaban J connectivity index is 1.64. The number of hydrogen-bond donors (Lipinski definition) is 0. The standard InChI is InChI=1S/C25H30O2/c1-20-18-21(20)15-16-25(22-10-4-2-5-11-22,23-12-6-3-7-13-23)19-27-24-14-8-9-17-26-24/h2-7,10-13,21,24H,1,8-9,14-19H2. The topological polar surface area (TPSA) is 18.5 Å². The first-order valence-corrected chi connectivity index (χ1v) is 10.3. The lowest BCUT2D eigenvalue weighted by atomic mass is 9.71. The highest BCUT2D eigenvalue weighted by molar-refractivity contribution is 5.40. The molecule has 2 atom stereocenters. The summed E-state index contributed by atoms with van der Waals surface area (Å²) in [6, 6.07) is 21.7. The van der Waals surface area contributed by atoms with Crippen LogP contribution in [0.3, 0.4) is 0 Å². The van der Waals surface area contributed by atoms with Crippen molar-refractivity contribution in [2.75, 3.05) is 13.2 Å². The summed E-state index contributed by atoms with van der Waals surface area (Å²) in [5.74, 6) is 0.683. The van der Waals surface area contributed by atoms with Crippen molar-refractivity contribution >= 4 is 0 Å². The van der Waals surface area contributed by atoms with Gasteiger partial charge in [0.05, 0.1) is 6.61 Å². The van der Waals surface area contributed by atoms with Crippen molar-refractivity contribution in [3.8, 4) is 0 Å². The quantitative estimate of drug-likeness (QED) is 0.547. The minimum atomic E-state index is -0.147. The van der Waals surface area contributed by atoms with Gasteiger partial charge in [-0.2, -0.15) is 0 Å². The Morgan fingerprint density at radius 2 is 1.59 bits per heavy atom. The summed E-state index contributed by atoms with van der Waals surface area (Å²) in [5, 5.41) is 0. The fourth-order valence-electron chi connectivity index (χ4n) is 4.27. The van der Waals surface area contributed by atoms with Crippen molar-refractivity contribution < 1.29 is 9.47 Å². The first-order valence-electron chi connectivity index (χ1n) is 10.3. The van der Waals surface area contributed by atoms with Crippen molar-refractivity contribution in [3.63, 3.8) is 0 Å². The molecule has 1 heterocycles. The normalized spacial score (nSPS) is 22.6. The molecule has 4 rings (SSSR count). The van der Waals surface area contributed by atoms with Gasteiger partial charge in [-0.05, 0) is 55.6 Å². The van der Waals surface area contributed by atoms with E-state index >= 15 is 0 Å². The molecule has 27 heavy (non-hydrogen) atoms. The van der Waals surface area contributed by atoms with Gasteiger partial charge in [-0.25, -0.2) is 0 Å². The Morgan fingerprint density at radius 3 is 2.11 bits per heavy atom. The number of benzene rings is 2. The van der Waals surface area contributed by atoms with Crippen LogP contribution in [0.2, 0.25) is 0 Å². The predicted octanol–water partition coefficient (Wildman–Crippen LogP) is 5.87. The van der Waals surface area contributed by atoms with Gasteiger partial charge in [-0.1, -0.05) is 72.8 Å². The van der Waals surface area contributed by atoms with E-state index in [1.165, 1.54) is 29.5 Å². The van der Waals surface area contributed by atoms with Crippen molar-refractivity contribution in [1.29, 1.82) is 0 Å². The van der Waals surface area contributed by atoms with E-state index in [1.807, 2.05) is 0 Å². The minimum Gasteiger partial charge on any atom is -0.353 e. The summed E-state index contributed by atoms with van der Waals surface area (Å²) in [7, 11) is 0. The Kier molecular flexibility index (Phi) is 5.75. The molecule has 0 N–H and O–H groups in total. The van der Waals surface area contributed by atoms with Gasteiger partial charge >= 0.3 is 0 Å². The van der Waals surface area contributed by atoms with Crippen LogP contribution in [0.25, 0.3) is 0 Å². The van der Waals surface area contributed by atoms with Crippen LogP contribution < -0.4 is 0 Å². The first kappa shape index (κ1) is 18.5. The molecule has 0 spiro atoms. The zero-order valence-corrected chi connectivity index (χ0v) is 16.1. The van der Waals surface area contributed by atoms with Crippen LogP contribution in [0.15, 0.2) is 72.8 Å². The largest absolute Gasteiger partial charge is 0.353 e. The fourth-order valence-corrected chi connectivity index (χ4v) is 4.27. The van der Waals surface area contributed by atoms with E-state index < -0.39 is 0 Å². The zero-order valence-electron chi connectivity index (χ0n) is 16.1. The van der Waals surface area contributed by atoms with Gasteiger partial charge in [0.15, 0.2) is 6.29 Å². The minimum absolute atomic E-state index is 0.0681. The van der Waals surface area contributed by atoms with E-state index in [-0.39, 0.29) is 11.7 Å². The molecule has 2 aromatic carbocycles. The maximum atomic E-state index is 6.39. The molecule has 2 aliphatic rings. The molecular formula is C25H30O2. The second-order valence-corrected chi connectivity index (χ2v) is 8.02. The molecule has 1 saturated heterocycles. The lowest BCUT2D eigenvalue weighted by Gasteiger charge is -2.37.